The molecule has 0 saturated heterocycles. The van der Waals surface area contributed by atoms with E-state index in [4.69, 9.17) is 4.99 Å². The van der Waals surface area contributed by atoms with Crippen molar-refractivity contribution < 1.29 is 0 Å². The lowest BCUT2D eigenvalue weighted by Gasteiger charge is -2.30. The Balaban J connectivity index is 1.56. The van der Waals surface area contributed by atoms with Gasteiger partial charge in [0.15, 0.2) is 0 Å². The average molecular weight is 341 g/mol. The summed E-state index contributed by atoms with van der Waals surface area (Å²) in [5.41, 5.74) is 7.22. The summed E-state index contributed by atoms with van der Waals surface area (Å²) in [5, 5.41) is 0. The lowest BCUT2D eigenvalue weighted by atomic mass is 9.80. The molecule has 1 heteroatoms. The van der Waals surface area contributed by atoms with Gasteiger partial charge in [-0.2, -0.15) is 0 Å². The van der Waals surface area contributed by atoms with Crippen LogP contribution in [0.4, 0.5) is 0 Å². The number of rotatable bonds is 3. The third kappa shape index (κ3) is 2.74. The van der Waals surface area contributed by atoms with E-state index in [1.165, 1.54) is 47.3 Å². The van der Waals surface area contributed by atoms with E-state index >= 15 is 0 Å². The van der Waals surface area contributed by atoms with Crippen LogP contribution < -0.4 is 0 Å². The fourth-order valence-electron chi connectivity index (χ4n) is 5.15. The number of dihydropyridines is 1. The number of allylic oxidation sites excluding steroid dienone is 6. The molecule has 0 N–H and O–H groups in total. The van der Waals surface area contributed by atoms with E-state index in [0.29, 0.717) is 11.5 Å². The molecule has 0 aromatic heterocycles. The molecule has 1 fully saturated rings. The molecule has 0 amide bonds. The van der Waals surface area contributed by atoms with Crippen LogP contribution in [-0.4, -0.2) is 11.8 Å². The summed E-state index contributed by atoms with van der Waals surface area (Å²) in [6, 6.07) is 11.3. The first-order chi connectivity index (χ1) is 12.7. The van der Waals surface area contributed by atoms with Gasteiger partial charge >= 0.3 is 0 Å². The predicted octanol–water partition coefficient (Wildman–Crippen LogP) is 6.31. The van der Waals surface area contributed by atoms with Crippen LogP contribution in [0.1, 0.15) is 51.0 Å². The number of nitrogens with zero attached hydrogens (tertiary/aromatic N) is 1. The average Bonchev–Trinajstić information content (AvgIpc) is 3.44. The van der Waals surface area contributed by atoms with Gasteiger partial charge in [0.1, 0.15) is 0 Å². The standard InChI is InChI=1S/C25H27N/c1-18-8-7-11-20(14-18)23-15-21(19-9-3-2-4-10-19)16-24(26-23)25-13-6-5-12-22(25)17-25/h2-4,6,8-10,13-15,22,24H,5,7,11-12,16-17H2,1H3. The minimum absolute atomic E-state index is 0.345. The molecule has 132 valence electrons. The molecule has 0 spiro atoms. The van der Waals surface area contributed by atoms with Crippen LogP contribution in [0.2, 0.25) is 0 Å². The Morgan fingerprint density at radius 2 is 1.92 bits per heavy atom. The highest BCUT2D eigenvalue weighted by molar-refractivity contribution is 6.13. The van der Waals surface area contributed by atoms with Gasteiger partial charge in [-0.3, -0.25) is 4.99 Å². The van der Waals surface area contributed by atoms with Gasteiger partial charge in [0, 0.05) is 5.41 Å². The normalized spacial score (nSPS) is 32.8. The quantitative estimate of drug-likeness (QED) is 0.572. The molecule has 1 aromatic rings. The fraction of sp³-hybridized carbons (Fsp3) is 0.400. The lowest BCUT2D eigenvalue weighted by molar-refractivity contribution is 0.425. The van der Waals surface area contributed by atoms with Gasteiger partial charge in [0.05, 0.1) is 11.8 Å². The molecule has 26 heavy (non-hydrogen) atoms. The van der Waals surface area contributed by atoms with Gasteiger partial charge in [-0.05, 0) is 74.2 Å². The van der Waals surface area contributed by atoms with Crippen molar-refractivity contribution >= 4 is 11.3 Å². The molecular formula is C25H27N. The number of fused-ring (bicyclic) bond motifs is 1. The molecule has 1 aliphatic heterocycles. The van der Waals surface area contributed by atoms with Gasteiger partial charge < -0.3 is 0 Å². The first-order valence-corrected chi connectivity index (χ1v) is 10.1. The highest BCUT2D eigenvalue weighted by atomic mass is 14.9. The molecule has 3 aliphatic carbocycles. The van der Waals surface area contributed by atoms with Crippen molar-refractivity contribution in [3.8, 4) is 0 Å². The smallest absolute Gasteiger partial charge is 0.0640 e. The molecule has 5 rings (SSSR count). The van der Waals surface area contributed by atoms with Crippen molar-refractivity contribution in [2.24, 2.45) is 16.3 Å². The third-order valence-corrected chi connectivity index (χ3v) is 6.70. The number of hydrogen-bond donors (Lipinski definition) is 0. The molecule has 1 heterocycles. The third-order valence-electron chi connectivity index (χ3n) is 6.70. The van der Waals surface area contributed by atoms with Crippen LogP contribution >= 0.6 is 0 Å². The van der Waals surface area contributed by atoms with E-state index in [-0.39, 0.29) is 0 Å². The zero-order chi connectivity index (χ0) is 17.6. The summed E-state index contributed by atoms with van der Waals surface area (Å²) in [5.74, 6) is 0.861. The minimum Gasteiger partial charge on any atom is -0.280 e. The van der Waals surface area contributed by atoms with Crippen LogP contribution in [0, 0.1) is 11.3 Å². The second-order valence-corrected chi connectivity index (χ2v) is 8.42. The Morgan fingerprint density at radius 3 is 2.73 bits per heavy atom. The van der Waals surface area contributed by atoms with Crippen LogP contribution in [0.25, 0.3) is 5.57 Å². The largest absolute Gasteiger partial charge is 0.280 e. The fourth-order valence-corrected chi connectivity index (χ4v) is 5.15. The number of hydrogen-bond acceptors (Lipinski definition) is 1. The van der Waals surface area contributed by atoms with Crippen LogP contribution in [-0.2, 0) is 0 Å². The molecule has 1 nitrogen and oxygen atoms in total. The summed E-state index contributed by atoms with van der Waals surface area (Å²) in [6.07, 6.45) is 19.3. The Morgan fingerprint density at radius 1 is 1.04 bits per heavy atom. The van der Waals surface area contributed by atoms with E-state index in [1.807, 2.05) is 0 Å². The van der Waals surface area contributed by atoms with Gasteiger partial charge in [-0.1, -0.05) is 60.2 Å². The number of aliphatic imine (C=N–C) groups is 1. The maximum atomic E-state index is 5.35. The Hall–Kier alpha value is -2.15. The molecule has 1 saturated carbocycles. The van der Waals surface area contributed by atoms with Gasteiger partial charge in [-0.25, -0.2) is 0 Å². The summed E-state index contributed by atoms with van der Waals surface area (Å²) in [4.78, 5) is 5.35. The minimum atomic E-state index is 0.345. The van der Waals surface area contributed by atoms with E-state index < -0.39 is 0 Å². The Bertz CT molecular complexity index is 865. The maximum absolute atomic E-state index is 5.35. The van der Waals surface area contributed by atoms with Crippen LogP contribution in [0.15, 0.2) is 76.9 Å². The maximum Gasteiger partial charge on any atom is 0.0640 e. The summed E-state index contributed by atoms with van der Waals surface area (Å²) >= 11 is 0. The van der Waals surface area contributed by atoms with E-state index in [0.717, 1.165) is 25.2 Å². The SMILES string of the molecule is CC1=CCCC(C2=NC(C34C=CCCC3C4)CC(c3ccccc3)=C2)=C1. The zero-order valence-corrected chi connectivity index (χ0v) is 15.6. The van der Waals surface area contributed by atoms with E-state index in [9.17, 15) is 0 Å². The number of benzene rings is 1. The summed E-state index contributed by atoms with van der Waals surface area (Å²) < 4.78 is 0. The highest BCUT2D eigenvalue weighted by Crippen LogP contribution is 2.63. The molecule has 1 aromatic carbocycles. The highest BCUT2D eigenvalue weighted by Gasteiger charge is 2.58. The van der Waals surface area contributed by atoms with Gasteiger partial charge in [0.2, 0.25) is 0 Å². The van der Waals surface area contributed by atoms with Crippen molar-refractivity contribution in [3.05, 3.63) is 77.4 Å². The Labute approximate surface area is 156 Å². The van der Waals surface area contributed by atoms with E-state index in [2.05, 4.69) is 67.6 Å². The van der Waals surface area contributed by atoms with Crippen molar-refractivity contribution in [2.75, 3.05) is 0 Å². The van der Waals surface area contributed by atoms with Crippen molar-refractivity contribution in [2.45, 2.75) is 51.5 Å². The van der Waals surface area contributed by atoms with Gasteiger partial charge in [0.25, 0.3) is 0 Å². The van der Waals surface area contributed by atoms with Crippen molar-refractivity contribution in [1.29, 1.82) is 0 Å². The van der Waals surface area contributed by atoms with Crippen molar-refractivity contribution in [3.63, 3.8) is 0 Å². The van der Waals surface area contributed by atoms with Gasteiger partial charge in [-0.15, -0.1) is 0 Å². The predicted molar refractivity (Wildman–Crippen MR) is 110 cm³/mol. The molecule has 3 atom stereocenters. The summed E-state index contributed by atoms with van der Waals surface area (Å²) in [7, 11) is 0. The van der Waals surface area contributed by atoms with Crippen LogP contribution in [0.3, 0.4) is 0 Å². The first kappa shape index (κ1) is 16.1. The monoisotopic (exact) mass is 341 g/mol. The van der Waals surface area contributed by atoms with Crippen LogP contribution in [0.5, 0.6) is 0 Å². The lowest BCUT2D eigenvalue weighted by Crippen LogP contribution is -2.27. The summed E-state index contributed by atoms with van der Waals surface area (Å²) in [6.45, 7) is 2.21. The molecule has 4 aliphatic rings. The molecule has 0 radical (unpaired) electrons. The molecular weight excluding hydrogens is 314 g/mol. The van der Waals surface area contributed by atoms with E-state index in [1.54, 1.807) is 0 Å². The Kier molecular flexibility index (Phi) is 3.85. The molecule has 0 bridgehead atoms. The first-order valence-electron chi connectivity index (χ1n) is 10.1. The molecule has 3 unspecified atom stereocenters. The zero-order valence-electron chi connectivity index (χ0n) is 15.6. The topological polar surface area (TPSA) is 12.4 Å². The second kappa shape index (κ2) is 6.23. The van der Waals surface area contributed by atoms with Crippen molar-refractivity contribution in [1.82, 2.24) is 0 Å². The second-order valence-electron chi connectivity index (χ2n) is 8.42.